The summed E-state index contributed by atoms with van der Waals surface area (Å²) in [6, 6.07) is 7.20. The number of hydrogen-bond donors (Lipinski definition) is 1. The maximum absolute atomic E-state index is 11.9. The Hall–Kier alpha value is -1.92. The van der Waals surface area contributed by atoms with E-state index in [0.29, 0.717) is 5.02 Å². The quantitative estimate of drug-likeness (QED) is 0.800. The van der Waals surface area contributed by atoms with Crippen molar-refractivity contribution in [1.29, 1.82) is 0 Å². The lowest BCUT2D eigenvalue weighted by molar-refractivity contribution is -0.142. The largest absolute Gasteiger partial charge is 0.375 e. The van der Waals surface area contributed by atoms with Gasteiger partial charge in [-0.15, -0.1) is 0 Å². The van der Waals surface area contributed by atoms with E-state index >= 15 is 0 Å². The van der Waals surface area contributed by atoms with E-state index in [1.165, 1.54) is 7.11 Å². The second-order valence-corrected chi connectivity index (χ2v) is 5.33. The molecule has 3 amide bonds. The highest BCUT2D eigenvalue weighted by atomic mass is 35.5. The SMILES string of the molecule is CO[C@H](CNC(=O)CN1C(=O)CCC1=O)c1ccccc1Cl. The van der Waals surface area contributed by atoms with Crippen LogP contribution in [0.2, 0.25) is 5.02 Å². The Morgan fingerprint density at radius 2 is 1.95 bits per heavy atom. The van der Waals surface area contributed by atoms with Crippen LogP contribution in [0.15, 0.2) is 24.3 Å². The van der Waals surface area contributed by atoms with E-state index in [2.05, 4.69) is 5.32 Å². The molecule has 1 aromatic rings. The molecule has 1 aromatic carbocycles. The van der Waals surface area contributed by atoms with Crippen molar-refractivity contribution in [3.8, 4) is 0 Å². The number of likely N-dealkylation sites (tertiary alicyclic amines) is 1. The lowest BCUT2D eigenvalue weighted by Crippen LogP contribution is -2.41. The van der Waals surface area contributed by atoms with Gasteiger partial charge in [-0.25, -0.2) is 0 Å². The third-order valence-electron chi connectivity index (χ3n) is 3.48. The Bertz CT molecular complexity index is 575. The zero-order valence-corrected chi connectivity index (χ0v) is 12.9. The fourth-order valence-corrected chi connectivity index (χ4v) is 2.52. The molecule has 0 bridgehead atoms. The molecule has 1 heterocycles. The summed E-state index contributed by atoms with van der Waals surface area (Å²) in [5.74, 6) is -1.03. The van der Waals surface area contributed by atoms with Gasteiger partial charge in [-0.2, -0.15) is 0 Å². The van der Waals surface area contributed by atoms with Crippen LogP contribution in [-0.4, -0.2) is 42.8 Å². The van der Waals surface area contributed by atoms with Crippen molar-refractivity contribution in [2.24, 2.45) is 0 Å². The molecule has 0 aliphatic carbocycles. The average Bonchev–Trinajstić information content (AvgIpc) is 2.81. The number of ether oxygens (including phenoxy) is 1. The first-order valence-corrected chi connectivity index (χ1v) is 7.28. The third-order valence-corrected chi connectivity index (χ3v) is 3.82. The summed E-state index contributed by atoms with van der Waals surface area (Å²) >= 11 is 6.10. The van der Waals surface area contributed by atoms with Crippen molar-refractivity contribution in [1.82, 2.24) is 10.2 Å². The molecule has 1 saturated heterocycles. The molecule has 1 aliphatic heterocycles. The lowest BCUT2D eigenvalue weighted by Gasteiger charge is -2.19. The van der Waals surface area contributed by atoms with Crippen LogP contribution in [0.4, 0.5) is 0 Å². The van der Waals surface area contributed by atoms with Crippen molar-refractivity contribution < 1.29 is 19.1 Å². The maximum atomic E-state index is 11.9. The van der Waals surface area contributed by atoms with E-state index in [-0.39, 0.29) is 37.7 Å². The molecule has 2 rings (SSSR count). The fraction of sp³-hybridized carbons (Fsp3) is 0.400. The predicted molar refractivity (Wildman–Crippen MR) is 80.2 cm³/mol. The second-order valence-electron chi connectivity index (χ2n) is 4.92. The molecule has 6 nitrogen and oxygen atoms in total. The number of rotatable bonds is 6. The standard InChI is InChI=1S/C15H17ClN2O4/c1-22-12(10-4-2-3-5-11(10)16)8-17-13(19)9-18-14(20)6-7-15(18)21/h2-5,12H,6-9H2,1H3,(H,17,19)/t12-/m1/s1. The molecule has 0 radical (unpaired) electrons. The molecule has 1 atom stereocenters. The van der Waals surface area contributed by atoms with Gasteiger partial charge in [0.15, 0.2) is 0 Å². The number of carbonyl (C=O) groups is 3. The highest BCUT2D eigenvalue weighted by Gasteiger charge is 2.30. The van der Waals surface area contributed by atoms with Gasteiger partial charge in [-0.3, -0.25) is 19.3 Å². The van der Waals surface area contributed by atoms with E-state index in [9.17, 15) is 14.4 Å². The molecule has 22 heavy (non-hydrogen) atoms. The van der Waals surface area contributed by atoms with Crippen LogP contribution in [-0.2, 0) is 19.1 Å². The summed E-state index contributed by atoms with van der Waals surface area (Å²) in [6.45, 7) is -0.0497. The first-order valence-electron chi connectivity index (χ1n) is 6.90. The second kappa shape index (κ2) is 7.38. The van der Waals surface area contributed by atoms with Gasteiger partial charge in [-0.1, -0.05) is 29.8 Å². The van der Waals surface area contributed by atoms with Gasteiger partial charge in [0.1, 0.15) is 12.6 Å². The van der Waals surface area contributed by atoms with Crippen LogP contribution in [0, 0.1) is 0 Å². The minimum absolute atomic E-state index is 0.173. The van der Waals surface area contributed by atoms with Crippen LogP contribution in [0.5, 0.6) is 0 Å². The molecule has 118 valence electrons. The Morgan fingerprint density at radius 3 is 2.55 bits per heavy atom. The fourth-order valence-electron chi connectivity index (χ4n) is 2.26. The van der Waals surface area contributed by atoms with Crippen molar-refractivity contribution >= 4 is 29.3 Å². The zero-order chi connectivity index (χ0) is 16.1. The summed E-state index contributed by atoms with van der Waals surface area (Å²) in [6.07, 6.45) is -0.0542. The molecular weight excluding hydrogens is 308 g/mol. The van der Waals surface area contributed by atoms with E-state index in [0.717, 1.165) is 10.5 Å². The van der Waals surface area contributed by atoms with Crippen LogP contribution in [0.3, 0.4) is 0 Å². The Morgan fingerprint density at radius 1 is 1.32 bits per heavy atom. The number of amides is 3. The molecule has 0 saturated carbocycles. The summed E-state index contributed by atoms with van der Waals surface area (Å²) < 4.78 is 5.33. The molecular formula is C15H17ClN2O4. The number of nitrogens with one attached hydrogen (secondary N) is 1. The van der Waals surface area contributed by atoms with Gasteiger partial charge in [0.05, 0.1) is 0 Å². The van der Waals surface area contributed by atoms with Gasteiger partial charge in [-0.05, 0) is 6.07 Å². The van der Waals surface area contributed by atoms with Crippen LogP contribution < -0.4 is 5.32 Å². The normalized spacial score (nSPS) is 16.0. The molecule has 1 aliphatic rings. The van der Waals surface area contributed by atoms with Gasteiger partial charge in [0.25, 0.3) is 0 Å². The summed E-state index contributed by atoms with van der Waals surface area (Å²) in [5.41, 5.74) is 0.764. The van der Waals surface area contributed by atoms with Gasteiger partial charge in [0.2, 0.25) is 17.7 Å². The van der Waals surface area contributed by atoms with Crippen molar-refractivity contribution in [3.63, 3.8) is 0 Å². The number of carbonyl (C=O) groups excluding carboxylic acids is 3. The number of hydrogen-bond acceptors (Lipinski definition) is 4. The number of benzene rings is 1. The van der Waals surface area contributed by atoms with E-state index < -0.39 is 12.0 Å². The molecule has 1 N–H and O–H groups in total. The first kappa shape index (κ1) is 16.5. The predicted octanol–water partition coefficient (Wildman–Crippen LogP) is 1.29. The lowest BCUT2D eigenvalue weighted by atomic mass is 10.1. The summed E-state index contributed by atoms with van der Waals surface area (Å²) in [5, 5.41) is 3.21. The monoisotopic (exact) mass is 324 g/mol. The van der Waals surface area contributed by atoms with E-state index in [1.54, 1.807) is 6.07 Å². The highest BCUT2D eigenvalue weighted by molar-refractivity contribution is 6.31. The Labute approximate surface area is 133 Å². The van der Waals surface area contributed by atoms with Crippen molar-refractivity contribution in [2.75, 3.05) is 20.2 Å². The van der Waals surface area contributed by atoms with Crippen LogP contribution in [0.25, 0.3) is 0 Å². The van der Waals surface area contributed by atoms with Crippen LogP contribution >= 0.6 is 11.6 Å². The van der Waals surface area contributed by atoms with E-state index in [4.69, 9.17) is 16.3 Å². The Kier molecular flexibility index (Phi) is 5.51. The van der Waals surface area contributed by atoms with Crippen LogP contribution in [0.1, 0.15) is 24.5 Å². The zero-order valence-electron chi connectivity index (χ0n) is 12.2. The summed E-state index contributed by atoms with van der Waals surface area (Å²) in [7, 11) is 1.52. The minimum Gasteiger partial charge on any atom is -0.375 e. The van der Waals surface area contributed by atoms with Gasteiger partial charge >= 0.3 is 0 Å². The topological polar surface area (TPSA) is 75.7 Å². The Balaban J connectivity index is 1.91. The van der Waals surface area contributed by atoms with Crippen molar-refractivity contribution in [3.05, 3.63) is 34.9 Å². The number of halogens is 1. The highest BCUT2D eigenvalue weighted by Crippen LogP contribution is 2.24. The third kappa shape index (κ3) is 3.84. The van der Waals surface area contributed by atoms with Gasteiger partial charge < -0.3 is 10.1 Å². The smallest absolute Gasteiger partial charge is 0.240 e. The first-order chi connectivity index (χ1) is 10.5. The average molecular weight is 325 g/mol. The molecule has 0 spiro atoms. The molecule has 7 heteroatoms. The van der Waals surface area contributed by atoms with Crippen molar-refractivity contribution in [2.45, 2.75) is 18.9 Å². The number of methoxy groups -OCH3 is 1. The molecule has 1 fully saturated rings. The maximum Gasteiger partial charge on any atom is 0.240 e. The number of imide groups is 1. The molecule has 0 aromatic heterocycles. The van der Waals surface area contributed by atoms with Gasteiger partial charge in [0, 0.05) is 37.1 Å². The number of nitrogens with zero attached hydrogens (tertiary/aromatic N) is 1. The van der Waals surface area contributed by atoms with E-state index in [1.807, 2.05) is 18.2 Å². The molecule has 0 unspecified atom stereocenters. The minimum atomic E-state index is -0.405. The summed E-state index contributed by atoms with van der Waals surface area (Å²) in [4.78, 5) is 35.8.